The maximum absolute atomic E-state index is 5.86. The standard InChI is InChI=1S/C17H13N3O/c18-15-3-1-2-13(8-15)16-10-19-17-9-12(4-6-20(16)17)14-5-7-21-11-14/h1-11H,18H2. The number of benzene rings is 1. The highest BCUT2D eigenvalue weighted by Crippen LogP contribution is 2.26. The fourth-order valence-electron chi connectivity index (χ4n) is 2.50. The highest BCUT2D eigenvalue weighted by atomic mass is 16.3. The van der Waals surface area contributed by atoms with Crippen molar-refractivity contribution in [2.45, 2.75) is 0 Å². The Morgan fingerprint density at radius 3 is 2.76 bits per heavy atom. The van der Waals surface area contributed by atoms with Gasteiger partial charge in [-0.3, -0.25) is 4.40 Å². The van der Waals surface area contributed by atoms with Crippen molar-refractivity contribution in [1.29, 1.82) is 0 Å². The normalized spacial score (nSPS) is 11.0. The maximum atomic E-state index is 5.86. The molecule has 4 rings (SSSR count). The molecule has 3 aromatic heterocycles. The summed E-state index contributed by atoms with van der Waals surface area (Å²) in [6.45, 7) is 0. The zero-order valence-corrected chi connectivity index (χ0v) is 11.2. The van der Waals surface area contributed by atoms with Crippen LogP contribution in [-0.2, 0) is 0 Å². The van der Waals surface area contributed by atoms with Crippen LogP contribution in [-0.4, -0.2) is 9.38 Å². The molecule has 3 heterocycles. The lowest BCUT2D eigenvalue weighted by molar-refractivity contribution is 0.568. The van der Waals surface area contributed by atoms with Crippen molar-refractivity contribution < 1.29 is 4.42 Å². The third-order valence-electron chi connectivity index (χ3n) is 3.55. The molecule has 0 spiro atoms. The summed E-state index contributed by atoms with van der Waals surface area (Å²) in [5.41, 5.74) is 11.7. The van der Waals surface area contributed by atoms with Gasteiger partial charge in [-0.2, -0.15) is 0 Å². The molecule has 4 aromatic rings. The first kappa shape index (κ1) is 11.8. The van der Waals surface area contributed by atoms with Gasteiger partial charge in [-0.05, 0) is 35.9 Å². The number of imidazole rings is 1. The molecule has 0 amide bonds. The molecule has 4 heteroatoms. The Morgan fingerprint density at radius 1 is 1.00 bits per heavy atom. The highest BCUT2D eigenvalue weighted by Gasteiger charge is 2.08. The molecule has 0 aliphatic carbocycles. The zero-order valence-electron chi connectivity index (χ0n) is 11.2. The van der Waals surface area contributed by atoms with Gasteiger partial charge in [0.2, 0.25) is 0 Å². The van der Waals surface area contributed by atoms with Crippen LogP contribution in [0, 0.1) is 0 Å². The maximum Gasteiger partial charge on any atom is 0.137 e. The minimum Gasteiger partial charge on any atom is -0.472 e. The van der Waals surface area contributed by atoms with E-state index in [0.29, 0.717) is 0 Å². The SMILES string of the molecule is Nc1cccc(-c2cnc3cc(-c4ccoc4)ccn23)c1. The summed E-state index contributed by atoms with van der Waals surface area (Å²) in [5.74, 6) is 0. The largest absolute Gasteiger partial charge is 0.472 e. The Hall–Kier alpha value is -3.01. The summed E-state index contributed by atoms with van der Waals surface area (Å²) in [6.07, 6.45) is 7.28. The summed E-state index contributed by atoms with van der Waals surface area (Å²) in [7, 11) is 0. The second-order valence-electron chi connectivity index (χ2n) is 4.92. The number of nitrogens with zero attached hydrogens (tertiary/aromatic N) is 2. The van der Waals surface area contributed by atoms with E-state index in [-0.39, 0.29) is 0 Å². The van der Waals surface area contributed by atoms with Gasteiger partial charge in [-0.1, -0.05) is 12.1 Å². The molecule has 0 atom stereocenters. The van der Waals surface area contributed by atoms with Gasteiger partial charge in [0, 0.05) is 23.0 Å². The van der Waals surface area contributed by atoms with Crippen LogP contribution in [0.4, 0.5) is 5.69 Å². The molecule has 0 bridgehead atoms. The minimum absolute atomic E-state index is 0.748. The topological polar surface area (TPSA) is 56.5 Å². The number of rotatable bonds is 2. The van der Waals surface area contributed by atoms with Gasteiger partial charge < -0.3 is 10.2 Å². The van der Waals surface area contributed by atoms with Crippen molar-refractivity contribution >= 4 is 11.3 Å². The van der Waals surface area contributed by atoms with Crippen LogP contribution >= 0.6 is 0 Å². The molecular weight excluding hydrogens is 262 g/mol. The van der Waals surface area contributed by atoms with E-state index in [0.717, 1.165) is 33.7 Å². The van der Waals surface area contributed by atoms with Crippen molar-refractivity contribution in [3.63, 3.8) is 0 Å². The smallest absolute Gasteiger partial charge is 0.137 e. The van der Waals surface area contributed by atoms with E-state index < -0.39 is 0 Å². The van der Waals surface area contributed by atoms with Gasteiger partial charge in [-0.15, -0.1) is 0 Å². The van der Waals surface area contributed by atoms with Gasteiger partial charge in [-0.25, -0.2) is 4.98 Å². The van der Waals surface area contributed by atoms with Gasteiger partial charge in [0.1, 0.15) is 5.65 Å². The second kappa shape index (κ2) is 4.52. The molecule has 102 valence electrons. The number of pyridine rings is 1. The van der Waals surface area contributed by atoms with E-state index in [4.69, 9.17) is 10.2 Å². The van der Waals surface area contributed by atoms with Crippen molar-refractivity contribution in [3.05, 3.63) is 67.4 Å². The van der Waals surface area contributed by atoms with Crippen molar-refractivity contribution in [3.8, 4) is 22.4 Å². The minimum atomic E-state index is 0.748. The van der Waals surface area contributed by atoms with Crippen LogP contribution < -0.4 is 5.73 Å². The molecule has 0 saturated carbocycles. The Kier molecular flexibility index (Phi) is 2.54. The molecule has 2 N–H and O–H groups in total. The molecule has 0 fully saturated rings. The number of hydrogen-bond acceptors (Lipinski definition) is 3. The predicted molar refractivity (Wildman–Crippen MR) is 82.7 cm³/mol. The van der Waals surface area contributed by atoms with Crippen LogP contribution in [0.1, 0.15) is 0 Å². The average molecular weight is 275 g/mol. The molecule has 0 unspecified atom stereocenters. The monoisotopic (exact) mass is 275 g/mol. The van der Waals surface area contributed by atoms with Crippen LogP contribution in [0.3, 0.4) is 0 Å². The van der Waals surface area contributed by atoms with Crippen molar-refractivity contribution in [2.75, 3.05) is 5.73 Å². The van der Waals surface area contributed by atoms with E-state index in [1.54, 1.807) is 12.5 Å². The number of nitrogens with two attached hydrogens (primary N) is 1. The fraction of sp³-hybridized carbons (Fsp3) is 0. The van der Waals surface area contributed by atoms with Crippen LogP contribution in [0.25, 0.3) is 28.0 Å². The van der Waals surface area contributed by atoms with E-state index >= 15 is 0 Å². The molecule has 1 aromatic carbocycles. The van der Waals surface area contributed by atoms with E-state index in [1.807, 2.05) is 48.8 Å². The molecule has 0 radical (unpaired) electrons. The summed E-state index contributed by atoms with van der Waals surface area (Å²) >= 11 is 0. The number of fused-ring (bicyclic) bond motifs is 1. The van der Waals surface area contributed by atoms with Gasteiger partial charge in [0.05, 0.1) is 24.4 Å². The van der Waals surface area contributed by atoms with E-state index in [1.165, 1.54) is 0 Å². The predicted octanol–water partition coefficient (Wildman–Crippen LogP) is 3.84. The lowest BCUT2D eigenvalue weighted by Gasteiger charge is -2.04. The van der Waals surface area contributed by atoms with Crippen LogP contribution in [0.15, 0.2) is 71.8 Å². The lowest BCUT2D eigenvalue weighted by Crippen LogP contribution is -1.90. The zero-order chi connectivity index (χ0) is 14.2. The first-order valence-corrected chi connectivity index (χ1v) is 6.67. The van der Waals surface area contributed by atoms with Gasteiger partial charge in [0.15, 0.2) is 0 Å². The van der Waals surface area contributed by atoms with Gasteiger partial charge >= 0.3 is 0 Å². The van der Waals surface area contributed by atoms with Crippen LogP contribution in [0.2, 0.25) is 0 Å². The fourth-order valence-corrected chi connectivity index (χ4v) is 2.50. The summed E-state index contributed by atoms with van der Waals surface area (Å²) in [5, 5.41) is 0. The molecule has 0 saturated heterocycles. The van der Waals surface area contributed by atoms with Crippen molar-refractivity contribution in [1.82, 2.24) is 9.38 Å². The molecule has 21 heavy (non-hydrogen) atoms. The second-order valence-corrected chi connectivity index (χ2v) is 4.92. The summed E-state index contributed by atoms with van der Waals surface area (Å²) in [4.78, 5) is 4.49. The number of furan rings is 1. The quantitative estimate of drug-likeness (QED) is 0.565. The number of hydrogen-bond donors (Lipinski definition) is 1. The first-order chi connectivity index (χ1) is 10.3. The Bertz CT molecular complexity index is 907. The van der Waals surface area contributed by atoms with E-state index in [9.17, 15) is 0 Å². The molecular formula is C17H13N3O. The number of anilines is 1. The van der Waals surface area contributed by atoms with Gasteiger partial charge in [0.25, 0.3) is 0 Å². The summed E-state index contributed by atoms with van der Waals surface area (Å²) < 4.78 is 7.18. The third kappa shape index (κ3) is 1.97. The van der Waals surface area contributed by atoms with Crippen molar-refractivity contribution in [2.24, 2.45) is 0 Å². The highest BCUT2D eigenvalue weighted by molar-refractivity contribution is 5.71. The molecule has 4 nitrogen and oxygen atoms in total. The molecule has 0 aliphatic rings. The number of aromatic nitrogens is 2. The summed E-state index contributed by atoms with van der Waals surface area (Å²) in [6, 6.07) is 13.8. The Labute approximate surface area is 121 Å². The molecule has 0 aliphatic heterocycles. The Balaban J connectivity index is 1.86. The average Bonchev–Trinajstić information content (AvgIpc) is 3.16. The van der Waals surface area contributed by atoms with Crippen LogP contribution in [0.5, 0.6) is 0 Å². The number of nitrogen functional groups attached to an aromatic ring is 1. The van der Waals surface area contributed by atoms with E-state index in [2.05, 4.69) is 15.5 Å². The first-order valence-electron chi connectivity index (χ1n) is 6.67. The Morgan fingerprint density at radius 2 is 1.95 bits per heavy atom. The third-order valence-corrected chi connectivity index (χ3v) is 3.55. The lowest BCUT2D eigenvalue weighted by atomic mass is 10.1.